The monoisotopic (exact) mass is 440 g/mol. The maximum Gasteiger partial charge on any atom is 0.414 e. The molecule has 0 aromatic heterocycles. The zero-order valence-corrected chi connectivity index (χ0v) is 18.2. The number of nitrogens with zero attached hydrogens (tertiary/aromatic N) is 1. The first kappa shape index (κ1) is 22.2. The number of anilines is 1. The lowest BCUT2D eigenvalue weighted by molar-refractivity contribution is -0.119. The van der Waals surface area contributed by atoms with Gasteiger partial charge in [-0.2, -0.15) is 0 Å². The molecule has 2 aliphatic rings. The number of cyclic esters (lactones) is 1. The maximum atomic E-state index is 14.9. The first-order valence-corrected chi connectivity index (χ1v) is 11.0. The summed E-state index contributed by atoms with van der Waals surface area (Å²) in [5.41, 5.74) is 2.84. The van der Waals surface area contributed by atoms with Crippen LogP contribution in [0.3, 0.4) is 0 Å². The number of halogens is 1. The minimum Gasteiger partial charge on any atom is -0.442 e. The van der Waals surface area contributed by atoms with Crippen molar-refractivity contribution in [2.75, 3.05) is 31.1 Å². The van der Waals surface area contributed by atoms with Crippen LogP contribution in [-0.4, -0.2) is 50.3 Å². The summed E-state index contributed by atoms with van der Waals surface area (Å²) in [6.07, 6.45) is 1.45. The molecular weight excluding hydrogens is 411 g/mol. The van der Waals surface area contributed by atoms with Crippen LogP contribution in [0.15, 0.2) is 42.5 Å². The number of nitrogens with one attached hydrogen (secondary N) is 3. The van der Waals surface area contributed by atoms with Crippen molar-refractivity contribution >= 4 is 17.7 Å². The third-order valence-corrected chi connectivity index (χ3v) is 5.86. The highest BCUT2D eigenvalue weighted by molar-refractivity contribution is 5.90. The molecule has 2 aromatic rings. The van der Waals surface area contributed by atoms with Gasteiger partial charge in [-0.15, -0.1) is 0 Å². The van der Waals surface area contributed by atoms with E-state index in [2.05, 4.69) is 16.0 Å². The van der Waals surface area contributed by atoms with Crippen molar-refractivity contribution in [3.8, 4) is 11.1 Å². The number of hydrogen-bond donors (Lipinski definition) is 3. The van der Waals surface area contributed by atoms with Crippen LogP contribution >= 0.6 is 0 Å². The van der Waals surface area contributed by atoms with Crippen LogP contribution in [0.5, 0.6) is 0 Å². The van der Waals surface area contributed by atoms with Gasteiger partial charge in [-0.05, 0) is 48.7 Å². The topological polar surface area (TPSA) is 82.7 Å². The summed E-state index contributed by atoms with van der Waals surface area (Å²) < 4.78 is 20.1. The van der Waals surface area contributed by atoms with Crippen molar-refractivity contribution in [1.29, 1.82) is 0 Å². The van der Waals surface area contributed by atoms with Gasteiger partial charge in [0.1, 0.15) is 11.9 Å². The molecular formula is C24H29FN4O3. The molecule has 2 saturated heterocycles. The van der Waals surface area contributed by atoms with Gasteiger partial charge < -0.3 is 20.7 Å². The molecule has 0 bridgehead atoms. The second-order valence-corrected chi connectivity index (χ2v) is 8.34. The highest BCUT2D eigenvalue weighted by Gasteiger charge is 2.32. The lowest BCUT2D eigenvalue weighted by Crippen LogP contribution is -2.33. The maximum absolute atomic E-state index is 14.9. The van der Waals surface area contributed by atoms with Crippen LogP contribution in [-0.2, 0) is 16.1 Å². The molecule has 0 radical (unpaired) electrons. The molecule has 2 amide bonds. The molecule has 2 aliphatic heterocycles. The van der Waals surface area contributed by atoms with Crippen LogP contribution < -0.4 is 20.9 Å². The molecule has 3 N–H and O–H groups in total. The van der Waals surface area contributed by atoms with Gasteiger partial charge >= 0.3 is 6.09 Å². The molecule has 0 saturated carbocycles. The molecule has 170 valence electrons. The van der Waals surface area contributed by atoms with E-state index in [4.69, 9.17) is 4.74 Å². The molecule has 4 rings (SSSR count). The number of hydrogen-bond acceptors (Lipinski definition) is 5. The Balaban J connectivity index is 1.36. The van der Waals surface area contributed by atoms with E-state index in [0.717, 1.165) is 30.8 Å². The Morgan fingerprint density at radius 1 is 1.22 bits per heavy atom. The summed E-state index contributed by atoms with van der Waals surface area (Å²) in [6, 6.07) is 13.1. The van der Waals surface area contributed by atoms with Crippen molar-refractivity contribution in [3.63, 3.8) is 0 Å². The van der Waals surface area contributed by atoms with E-state index in [1.54, 1.807) is 12.1 Å². The standard InChI is InChI=1S/C24H29FN4O3/c1-16(30)28-14-21-15-29(24(31)32-21)20-8-9-22(23(25)11-20)18-6-4-17(5-7-18)12-26-13-19-3-2-10-27-19/h4-9,11,19,21,26-27H,2-3,10,12-15H2,1H3,(H,28,30)/t19?,21-/m0/s1. The predicted molar refractivity (Wildman–Crippen MR) is 121 cm³/mol. The molecule has 0 spiro atoms. The smallest absolute Gasteiger partial charge is 0.414 e. The summed E-state index contributed by atoms with van der Waals surface area (Å²) in [5.74, 6) is -0.596. The lowest BCUT2D eigenvalue weighted by atomic mass is 10.0. The van der Waals surface area contributed by atoms with E-state index in [9.17, 15) is 14.0 Å². The summed E-state index contributed by atoms with van der Waals surface area (Å²) in [5, 5.41) is 9.56. The zero-order chi connectivity index (χ0) is 22.5. The van der Waals surface area contributed by atoms with Crippen molar-refractivity contribution in [3.05, 3.63) is 53.8 Å². The molecule has 2 heterocycles. The van der Waals surface area contributed by atoms with Crippen molar-refractivity contribution in [1.82, 2.24) is 16.0 Å². The SMILES string of the molecule is CC(=O)NC[C@H]1CN(c2ccc(-c3ccc(CNCC4CCCN4)cc3)c(F)c2)C(=O)O1. The quantitative estimate of drug-likeness (QED) is 0.588. The molecule has 2 aromatic carbocycles. The summed E-state index contributed by atoms with van der Waals surface area (Å²) in [6.45, 7) is 4.72. The molecule has 2 fully saturated rings. The normalized spacial score (nSPS) is 20.4. The van der Waals surface area contributed by atoms with Crippen LogP contribution in [0.25, 0.3) is 11.1 Å². The van der Waals surface area contributed by atoms with E-state index >= 15 is 0 Å². The van der Waals surface area contributed by atoms with Gasteiger partial charge in [-0.3, -0.25) is 9.69 Å². The van der Waals surface area contributed by atoms with E-state index in [1.165, 1.54) is 30.7 Å². The molecule has 0 aliphatic carbocycles. The van der Waals surface area contributed by atoms with Crippen molar-refractivity contribution in [2.24, 2.45) is 0 Å². The van der Waals surface area contributed by atoms with Crippen LogP contribution in [0.4, 0.5) is 14.9 Å². The Morgan fingerprint density at radius 2 is 2.03 bits per heavy atom. The first-order chi connectivity index (χ1) is 15.5. The Morgan fingerprint density at radius 3 is 2.72 bits per heavy atom. The van der Waals surface area contributed by atoms with Crippen molar-refractivity contribution < 1.29 is 18.7 Å². The average molecular weight is 441 g/mol. The van der Waals surface area contributed by atoms with E-state index in [-0.39, 0.29) is 19.0 Å². The van der Waals surface area contributed by atoms with Gasteiger partial charge in [0.15, 0.2) is 0 Å². The Kier molecular flexibility index (Phi) is 7.02. The lowest BCUT2D eigenvalue weighted by Gasteiger charge is -2.15. The summed E-state index contributed by atoms with van der Waals surface area (Å²) in [4.78, 5) is 24.6. The minimum atomic E-state index is -0.544. The fraction of sp³-hybridized carbons (Fsp3) is 0.417. The summed E-state index contributed by atoms with van der Waals surface area (Å²) >= 11 is 0. The first-order valence-electron chi connectivity index (χ1n) is 11.0. The number of benzene rings is 2. The van der Waals surface area contributed by atoms with Crippen LogP contribution in [0, 0.1) is 5.82 Å². The Bertz CT molecular complexity index is 960. The summed E-state index contributed by atoms with van der Waals surface area (Å²) in [7, 11) is 0. The van der Waals surface area contributed by atoms with Gasteiger partial charge in [0.25, 0.3) is 0 Å². The average Bonchev–Trinajstić information content (AvgIpc) is 3.42. The predicted octanol–water partition coefficient (Wildman–Crippen LogP) is 2.80. The van der Waals surface area contributed by atoms with Gasteiger partial charge in [0, 0.05) is 31.6 Å². The minimum absolute atomic E-state index is 0.192. The number of ether oxygens (including phenoxy) is 1. The molecule has 8 heteroatoms. The fourth-order valence-corrected chi connectivity index (χ4v) is 4.13. The Labute approximate surface area is 187 Å². The van der Waals surface area contributed by atoms with Gasteiger partial charge in [-0.25, -0.2) is 9.18 Å². The van der Waals surface area contributed by atoms with Gasteiger partial charge in [0.2, 0.25) is 5.91 Å². The third-order valence-electron chi connectivity index (χ3n) is 5.86. The van der Waals surface area contributed by atoms with E-state index in [1.807, 2.05) is 24.3 Å². The number of rotatable bonds is 8. The number of carbonyl (C=O) groups is 2. The molecule has 32 heavy (non-hydrogen) atoms. The fourth-order valence-electron chi connectivity index (χ4n) is 4.13. The highest BCUT2D eigenvalue weighted by atomic mass is 19.1. The molecule has 2 atom stereocenters. The Hall–Kier alpha value is -2.97. The third kappa shape index (κ3) is 5.44. The largest absolute Gasteiger partial charge is 0.442 e. The zero-order valence-electron chi connectivity index (χ0n) is 18.2. The van der Waals surface area contributed by atoms with E-state index < -0.39 is 18.0 Å². The van der Waals surface area contributed by atoms with Crippen LogP contribution in [0.2, 0.25) is 0 Å². The van der Waals surface area contributed by atoms with E-state index in [0.29, 0.717) is 17.3 Å². The van der Waals surface area contributed by atoms with Gasteiger partial charge in [-0.1, -0.05) is 24.3 Å². The number of amides is 2. The molecule has 7 nitrogen and oxygen atoms in total. The molecule has 1 unspecified atom stereocenters. The highest BCUT2D eigenvalue weighted by Crippen LogP contribution is 2.29. The van der Waals surface area contributed by atoms with Gasteiger partial charge in [0.05, 0.1) is 18.8 Å². The second-order valence-electron chi connectivity index (χ2n) is 8.34. The number of carbonyl (C=O) groups excluding carboxylic acids is 2. The van der Waals surface area contributed by atoms with Crippen LogP contribution in [0.1, 0.15) is 25.3 Å². The van der Waals surface area contributed by atoms with Crippen molar-refractivity contribution in [2.45, 2.75) is 38.5 Å². The second kappa shape index (κ2) is 10.1.